The van der Waals surface area contributed by atoms with Crippen LogP contribution in [0.3, 0.4) is 0 Å². The van der Waals surface area contributed by atoms with Crippen molar-refractivity contribution in [2.45, 2.75) is 46.0 Å². The maximum Gasteiger partial charge on any atom is 0.309 e. The standard InChI is InChI=1S/C12H20O4/c1-3-12(4-2,11(15)16)9(7-10(13)14)8-5-6-8/h8-9H,3-7H2,1-2H3,(H,13,14)(H,15,16). The summed E-state index contributed by atoms with van der Waals surface area (Å²) < 4.78 is 0. The first-order valence-corrected chi connectivity index (χ1v) is 5.93. The first-order chi connectivity index (χ1) is 7.47. The quantitative estimate of drug-likeness (QED) is 0.701. The van der Waals surface area contributed by atoms with E-state index < -0.39 is 17.4 Å². The molecule has 0 amide bonds. The van der Waals surface area contributed by atoms with Gasteiger partial charge < -0.3 is 10.2 Å². The number of rotatable bonds is 7. The van der Waals surface area contributed by atoms with Crippen molar-refractivity contribution in [1.82, 2.24) is 0 Å². The second-order valence-corrected chi connectivity index (χ2v) is 4.71. The van der Waals surface area contributed by atoms with Crippen LogP contribution in [0.5, 0.6) is 0 Å². The van der Waals surface area contributed by atoms with Gasteiger partial charge in [-0.3, -0.25) is 9.59 Å². The van der Waals surface area contributed by atoms with Crippen molar-refractivity contribution in [3.63, 3.8) is 0 Å². The van der Waals surface area contributed by atoms with Gasteiger partial charge in [-0.15, -0.1) is 0 Å². The predicted octanol–water partition coefficient (Wildman–Crippen LogP) is 2.38. The first kappa shape index (κ1) is 13.0. The van der Waals surface area contributed by atoms with Gasteiger partial charge in [0.25, 0.3) is 0 Å². The zero-order valence-corrected chi connectivity index (χ0v) is 9.90. The van der Waals surface area contributed by atoms with Gasteiger partial charge in [-0.25, -0.2) is 0 Å². The molecule has 1 unspecified atom stereocenters. The van der Waals surface area contributed by atoms with Crippen molar-refractivity contribution in [3.05, 3.63) is 0 Å². The predicted molar refractivity (Wildman–Crippen MR) is 59.1 cm³/mol. The van der Waals surface area contributed by atoms with Crippen LogP contribution in [0.15, 0.2) is 0 Å². The summed E-state index contributed by atoms with van der Waals surface area (Å²) in [6, 6.07) is 0. The smallest absolute Gasteiger partial charge is 0.309 e. The minimum absolute atomic E-state index is 0.0152. The third-order valence-electron chi connectivity index (χ3n) is 3.98. The van der Waals surface area contributed by atoms with Gasteiger partial charge in [0, 0.05) is 6.42 Å². The van der Waals surface area contributed by atoms with E-state index in [4.69, 9.17) is 5.11 Å². The first-order valence-electron chi connectivity index (χ1n) is 5.93. The van der Waals surface area contributed by atoms with Crippen LogP contribution in [-0.4, -0.2) is 22.2 Å². The van der Waals surface area contributed by atoms with E-state index in [0.29, 0.717) is 18.8 Å². The molecule has 4 nitrogen and oxygen atoms in total. The zero-order chi connectivity index (χ0) is 12.3. The van der Waals surface area contributed by atoms with Crippen LogP contribution in [0, 0.1) is 17.3 Å². The van der Waals surface area contributed by atoms with E-state index in [9.17, 15) is 14.7 Å². The van der Waals surface area contributed by atoms with Crippen LogP contribution in [0.2, 0.25) is 0 Å². The topological polar surface area (TPSA) is 74.6 Å². The van der Waals surface area contributed by atoms with E-state index >= 15 is 0 Å². The Bertz CT molecular complexity index is 277. The second kappa shape index (κ2) is 4.85. The second-order valence-electron chi connectivity index (χ2n) is 4.71. The summed E-state index contributed by atoms with van der Waals surface area (Å²) in [4.78, 5) is 22.3. The summed E-state index contributed by atoms with van der Waals surface area (Å²) in [6.07, 6.45) is 2.96. The lowest BCUT2D eigenvalue weighted by Crippen LogP contribution is -2.40. The average Bonchev–Trinajstić information content (AvgIpc) is 3.01. The van der Waals surface area contributed by atoms with E-state index in [2.05, 4.69) is 0 Å². The average molecular weight is 228 g/mol. The van der Waals surface area contributed by atoms with E-state index in [1.54, 1.807) is 0 Å². The molecule has 92 valence electrons. The number of hydrogen-bond acceptors (Lipinski definition) is 2. The summed E-state index contributed by atoms with van der Waals surface area (Å²) in [5.74, 6) is -1.63. The fourth-order valence-electron chi connectivity index (χ4n) is 2.74. The lowest BCUT2D eigenvalue weighted by Gasteiger charge is -2.35. The highest BCUT2D eigenvalue weighted by molar-refractivity contribution is 5.77. The van der Waals surface area contributed by atoms with Gasteiger partial charge in [-0.1, -0.05) is 13.8 Å². The third kappa shape index (κ3) is 2.36. The monoisotopic (exact) mass is 228 g/mol. The van der Waals surface area contributed by atoms with Gasteiger partial charge in [0.15, 0.2) is 0 Å². The molecule has 0 spiro atoms. The minimum Gasteiger partial charge on any atom is -0.481 e. The molecule has 1 saturated carbocycles. The maximum absolute atomic E-state index is 11.4. The summed E-state index contributed by atoms with van der Waals surface area (Å²) in [7, 11) is 0. The van der Waals surface area contributed by atoms with Crippen LogP contribution in [-0.2, 0) is 9.59 Å². The van der Waals surface area contributed by atoms with Crippen molar-refractivity contribution < 1.29 is 19.8 Å². The van der Waals surface area contributed by atoms with Crippen molar-refractivity contribution >= 4 is 11.9 Å². The molecular weight excluding hydrogens is 208 g/mol. The van der Waals surface area contributed by atoms with Gasteiger partial charge in [0.1, 0.15) is 0 Å². The van der Waals surface area contributed by atoms with Crippen LogP contribution in [0.4, 0.5) is 0 Å². The largest absolute Gasteiger partial charge is 0.481 e. The van der Waals surface area contributed by atoms with Crippen molar-refractivity contribution in [3.8, 4) is 0 Å². The highest BCUT2D eigenvalue weighted by atomic mass is 16.4. The highest BCUT2D eigenvalue weighted by Crippen LogP contribution is 2.50. The summed E-state index contributed by atoms with van der Waals surface area (Å²) in [5.41, 5.74) is -0.848. The maximum atomic E-state index is 11.4. The number of carboxylic acid groups (broad SMARTS) is 2. The Morgan fingerprint density at radius 3 is 2.00 bits per heavy atom. The van der Waals surface area contributed by atoms with Crippen LogP contribution in [0.1, 0.15) is 46.0 Å². The number of aliphatic carboxylic acids is 2. The summed E-state index contributed by atoms with van der Waals surface area (Å²) >= 11 is 0. The minimum atomic E-state index is -0.885. The highest BCUT2D eigenvalue weighted by Gasteiger charge is 2.50. The van der Waals surface area contributed by atoms with E-state index in [0.717, 1.165) is 12.8 Å². The van der Waals surface area contributed by atoms with E-state index in [1.807, 2.05) is 13.8 Å². The van der Waals surface area contributed by atoms with Gasteiger partial charge >= 0.3 is 11.9 Å². The Labute approximate surface area is 95.7 Å². The Morgan fingerprint density at radius 1 is 1.25 bits per heavy atom. The van der Waals surface area contributed by atoms with E-state index in [-0.39, 0.29) is 12.3 Å². The Hall–Kier alpha value is -1.06. The van der Waals surface area contributed by atoms with Crippen LogP contribution in [0.25, 0.3) is 0 Å². The van der Waals surface area contributed by atoms with Crippen molar-refractivity contribution in [2.75, 3.05) is 0 Å². The molecule has 0 aromatic heterocycles. The molecule has 1 rings (SSSR count). The SMILES string of the molecule is CCC(CC)(C(=O)O)C(CC(=O)O)C1CC1. The number of carboxylic acids is 2. The molecule has 0 aliphatic heterocycles. The molecular formula is C12H20O4. The Kier molecular flexibility index (Phi) is 3.94. The fraction of sp³-hybridized carbons (Fsp3) is 0.833. The third-order valence-corrected chi connectivity index (χ3v) is 3.98. The number of hydrogen-bond donors (Lipinski definition) is 2. The molecule has 0 aromatic carbocycles. The molecule has 1 fully saturated rings. The lowest BCUT2D eigenvalue weighted by molar-refractivity contribution is -0.156. The lowest BCUT2D eigenvalue weighted by atomic mass is 9.67. The molecule has 0 aromatic rings. The molecule has 0 saturated heterocycles. The summed E-state index contributed by atoms with van der Waals surface area (Å²) in [5, 5.41) is 18.3. The van der Waals surface area contributed by atoms with Crippen LogP contribution < -0.4 is 0 Å². The van der Waals surface area contributed by atoms with Crippen molar-refractivity contribution in [2.24, 2.45) is 17.3 Å². The van der Waals surface area contributed by atoms with Crippen molar-refractivity contribution in [1.29, 1.82) is 0 Å². The zero-order valence-electron chi connectivity index (χ0n) is 9.90. The van der Waals surface area contributed by atoms with Gasteiger partial charge in [0.2, 0.25) is 0 Å². The fourth-order valence-corrected chi connectivity index (χ4v) is 2.74. The molecule has 16 heavy (non-hydrogen) atoms. The summed E-state index contributed by atoms with van der Waals surface area (Å²) in [6.45, 7) is 3.68. The Balaban J connectivity index is 2.94. The molecule has 4 heteroatoms. The van der Waals surface area contributed by atoms with Gasteiger partial charge in [-0.2, -0.15) is 0 Å². The molecule has 0 heterocycles. The van der Waals surface area contributed by atoms with Gasteiger partial charge in [0.05, 0.1) is 5.41 Å². The molecule has 1 atom stereocenters. The van der Waals surface area contributed by atoms with Crippen LogP contribution >= 0.6 is 0 Å². The molecule has 1 aliphatic rings. The molecule has 0 bridgehead atoms. The van der Waals surface area contributed by atoms with Gasteiger partial charge in [-0.05, 0) is 37.5 Å². The number of carbonyl (C=O) groups is 2. The molecule has 0 radical (unpaired) electrons. The van der Waals surface area contributed by atoms with E-state index in [1.165, 1.54) is 0 Å². The molecule has 2 N–H and O–H groups in total. The molecule has 1 aliphatic carbocycles. The Morgan fingerprint density at radius 2 is 1.75 bits per heavy atom. The normalized spacial score (nSPS) is 18.1.